The molecule has 0 aliphatic carbocycles. The number of hydrogen-bond acceptors (Lipinski definition) is 2. The van der Waals surface area contributed by atoms with Crippen LogP contribution in [0.2, 0.25) is 0 Å². The van der Waals surface area contributed by atoms with Crippen LogP contribution in [-0.2, 0) is 0 Å². The minimum atomic E-state index is 0.651. The molecule has 1 aliphatic rings. The number of nitrogens with zero attached hydrogens (tertiary/aromatic N) is 2. The third-order valence-corrected chi connectivity index (χ3v) is 6.52. The van der Waals surface area contributed by atoms with E-state index >= 15 is 0 Å². The molecule has 2 heteroatoms. The van der Waals surface area contributed by atoms with Crippen molar-refractivity contribution >= 4 is 0 Å². The van der Waals surface area contributed by atoms with Gasteiger partial charge < -0.3 is 9.80 Å². The zero-order valence-electron chi connectivity index (χ0n) is 19.9. The van der Waals surface area contributed by atoms with Gasteiger partial charge in [-0.3, -0.25) is 0 Å². The van der Waals surface area contributed by atoms with E-state index < -0.39 is 0 Å². The third-order valence-electron chi connectivity index (χ3n) is 6.52. The standard InChI is InChI=1S/C26H50N2/c1-6-9-11-15-25(14-10-7-2)16-12-13-19-28-20-17-26(18-21-28)23-27(5)22-24(4)8-3/h24-26H,6-11,13-15,17-23H2,1-5H3. The molecule has 0 amide bonds. The van der Waals surface area contributed by atoms with Crippen molar-refractivity contribution in [2.45, 2.75) is 98.3 Å². The zero-order chi connectivity index (χ0) is 20.6. The van der Waals surface area contributed by atoms with Gasteiger partial charge in [-0.15, -0.1) is 5.92 Å². The third kappa shape index (κ3) is 12.1. The van der Waals surface area contributed by atoms with Gasteiger partial charge in [0.2, 0.25) is 0 Å². The SMILES string of the molecule is CCCCCC(C#CCCN1CCC(CN(C)CC(C)CC)CC1)CCCC. The van der Waals surface area contributed by atoms with Crippen LogP contribution in [0, 0.1) is 29.6 Å². The maximum Gasteiger partial charge on any atom is 0.0217 e. The number of hydrogen-bond donors (Lipinski definition) is 0. The van der Waals surface area contributed by atoms with Crippen LogP contribution in [0.25, 0.3) is 0 Å². The first kappa shape index (κ1) is 25.5. The van der Waals surface area contributed by atoms with Gasteiger partial charge in [-0.2, -0.15) is 0 Å². The lowest BCUT2D eigenvalue weighted by atomic mass is 9.95. The molecule has 0 aromatic heterocycles. The van der Waals surface area contributed by atoms with Crippen molar-refractivity contribution < 1.29 is 0 Å². The van der Waals surface area contributed by atoms with E-state index in [0.717, 1.165) is 18.3 Å². The molecule has 0 aromatic rings. The van der Waals surface area contributed by atoms with Gasteiger partial charge in [0.15, 0.2) is 0 Å². The maximum atomic E-state index is 3.63. The van der Waals surface area contributed by atoms with Crippen molar-refractivity contribution in [2.24, 2.45) is 17.8 Å². The van der Waals surface area contributed by atoms with Crippen LogP contribution in [0.4, 0.5) is 0 Å². The smallest absolute Gasteiger partial charge is 0.0217 e. The van der Waals surface area contributed by atoms with Crippen LogP contribution < -0.4 is 0 Å². The fourth-order valence-corrected chi connectivity index (χ4v) is 4.38. The molecule has 0 saturated carbocycles. The van der Waals surface area contributed by atoms with Gasteiger partial charge in [0.05, 0.1) is 0 Å². The Morgan fingerprint density at radius 1 is 1.00 bits per heavy atom. The predicted molar refractivity (Wildman–Crippen MR) is 126 cm³/mol. The Morgan fingerprint density at radius 2 is 1.68 bits per heavy atom. The fraction of sp³-hybridized carbons (Fsp3) is 0.923. The van der Waals surface area contributed by atoms with E-state index in [-0.39, 0.29) is 0 Å². The summed E-state index contributed by atoms with van der Waals surface area (Å²) < 4.78 is 0. The molecule has 28 heavy (non-hydrogen) atoms. The van der Waals surface area contributed by atoms with E-state index in [2.05, 4.69) is 56.4 Å². The largest absolute Gasteiger partial charge is 0.306 e. The van der Waals surface area contributed by atoms with Crippen LogP contribution >= 0.6 is 0 Å². The van der Waals surface area contributed by atoms with Crippen molar-refractivity contribution in [3.63, 3.8) is 0 Å². The van der Waals surface area contributed by atoms with E-state index in [0.29, 0.717) is 5.92 Å². The summed E-state index contributed by atoms with van der Waals surface area (Å²) in [4.78, 5) is 5.22. The minimum absolute atomic E-state index is 0.651. The van der Waals surface area contributed by atoms with Crippen LogP contribution in [0.1, 0.15) is 98.3 Å². The lowest BCUT2D eigenvalue weighted by molar-refractivity contribution is 0.150. The van der Waals surface area contributed by atoms with Crippen molar-refractivity contribution in [2.75, 3.05) is 39.8 Å². The average Bonchev–Trinajstić information content (AvgIpc) is 2.69. The summed E-state index contributed by atoms with van der Waals surface area (Å²) >= 11 is 0. The first-order chi connectivity index (χ1) is 13.6. The molecule has 0 N–H and O–H groups in total. The van der Waals surface area contributed by atoms with Crippen LogP contribution in [0.3, 0.4) is 0 Å². The normalized spacial score (nSPS) is 18.1. The molecule has 1 fully saturated rings. The molecule has 1 saturated heterocycles. The van der Waals surface area contributed by atoms with Gasteiger partial charge in [0, 0.05) is 32.0 Å². The maximum absolute atomic E-state index is 3.63. The number of likely N-dealkylation sites (tertiary alicyclic amines) is 1. The lowest BCUT2D eigenvalue weighted by Gasteiger charge is -2.34. The second-order valence-electron chi connectivity index (χ2n) is 9.43. The summed E-state index contributed by atoms with van der Waals surface area (Å²) in [7, 11) is 2.31. The monoisotopic (exact) mass is 390 g/mol. The van der Waals surface area contributed by atoms with E-state index in [1.165, 1.54) is 96.9 Å². The quantitative estimate of drug-likeness (QED) is 0.248. The molecule has 2 nitrogen and oxygen atoms in total. The molecule has 1 rings (SSSR count). The van der Waals surface area contributed by atoms with Crippen molar-refractivity contribution in [3.05, 3.63) is 0 Å². The molecule has 0 radical (unpaired) electrons. The predicted octanol–water partition coefficient (Wildman–Crippen LogP) is 6.46. The van der Waals surface area contributed by atoms with E-state index in [1.54, 1.807) is 0 Å². The first-order valence-corrected chi connectivity index (χ1v) is 12.5. The second kappa shape index (κ2) is 16.3. The summed E-state index contributed by atoms with van der Waals surface area (Å²) in [6.45, 7) is 15.5. The average molecular weight is 391 g/mol. The molecule has 2 atom stereocenters. The van der Waals surface area contributed by atoms with Gasteiger partial charge in [-0.05, 0) is 57.7 Å². The number of rotatable bonds is 14. The van der Waals surface area contributed by atoms with Gasteiger partial charge in [0.1, 0.15) is 0 Å². The summed E-state index contributed by atoms with van der Waals surface area (Å²) in [5.74, 6) is 9.54. The van der Waals surface area contributed by atoms with Crippen LogP contribution in [-0.4, -0.2) is 49.6 Å². The molecular formula is C26H50N2. The van der Waals surface area contributed by atoms with Crippen molar-refractivity contribution in [1.29, 1.82) is 0 Å². The van der Waals surface area contributed by atoms with Crippen LogP contribution in [0.5, 0.6) is 0 Å². The molecule has 0 aromatic carbocycles. The van der Waals surface area contributed by atoms with E-state index in [4.69, 9.17) is 0 Å². The molecule has 0 bridgehead atoms. The Hall–Kier alpha value is -0.520. The lowest BCUT2D eigenvalue weighted by Crippen LogP contribution is -2.39. The molecule has 2 unspecified atom stereocenters. The van der Waals surface area contributed by atoms with Gasteiger partial charge >= 0.3 is 0 Å². The highest BCUT2D eigenvalue weighted by Gasteiger charge is 2.20. The molecule has 164 valence electrons. The van der Waals surface area contributed by atoms with Crippen molar-refractivity contribution in [3.8, 4) is 11.8 Å². The summed E-state index contributed by atoms with van der Waals surface area (Å²) in [6, 6.07) is 0. The Morgan fingerprint density at radius 3 is 2.32 bits per heavy atom. The van der Waals surface area contributed by atoms with Gasteiger partial charge in [-0.25, -0.2) is 0 Å². The Bertz CT molecular complexity index is 414. The molecule has 1 aliphatic heterocycles. The molecular weight excluding hydrogens is 340 g/mol. The first-order valence-electron chi connectivity index (χ1n) is 12.5. The van der Waals surface area contributed by atoms with Gasteiger partial charge in [0.25, 0.3) is 0 Å². The van der Waals surface area contributed by atoms with E-state index in [1.807, 2.05) is 0 Å². The number of unbranched alkanes of at least 4 members (excludes halogenated alkanes) is 3. The zero-order valence-corrected chi connectivity index (χ0v) is 19.9. The molecule has 1 heterocycles. The Kier molecular flexibility index (Phi) is 14.9. The summed E-state index contributed by atoms with van der Waals surface area (Å²) in [5.41, 5.74) is 0. The fourth-order valence-electron chi connectivity index (χ4n) is 4.38. The molecule has 0 spiro atoms. The van der Waals surface area contributed by atoms with Gasteiger partial charge in [-0.1, -0.05) is 72.1 Å². The van der Waals surface area contributed by atoms with Crippen LogP contribution in [0.15, 0.2) is 0 Å². The highest BCUT2D eigenvalue weighted by molar-refractivity contribution is 5.04. The number of piperidine rings is 1. The highest BCUT2D eigenvalue weighted by atomic mass is 15.1. The summed E-state index contributed by atoms with van der Waals surface area (Å²) in [6.07, 6.45) is 14.4. The second-order valence-corrected chi connectivity index (χ2v) is 9.43. The van der Waals surface area contributed by atoms with Crippen molar-refractivity contribution in [1.82, 2.24) is 9.80 Å². The summed E-state index contributed by atoms with van der Waals surface area (Å²) in [5, 5.41) is 0. The Balaban J connectivity index is 2.23. The van der Waals surface area contributed by atoms with E-state index in [9.17, 15) is 0 Å². The highest BCUT2D eigenvalue weighted by Crippen LogP contribution is 2.19. The minimum Gasteiger partial charge on any atom is -0.306 e. The topological polar surface area (TPSA) is 6.48 Å². The Labute approximate surface area is 177 Å².